The number of nitrogens with one attached hydrogen (secondary N) is 1. The molecular formula is C60H88Cl2N4O18S. The Morgan fingerprint density at radius 2 is 1.56 bits per heavy atom. The topological polar surface area (TPSA) is 259 Å². The monoisotopic (exact) mass is 1250 g/mol. The van der Waals surface area contributed by atoms with E-state index in [4.69, 9.17) is 75.3 Å². The van der Waals surface area contributed by atoms with Gasteiger partial charge in [0.2, 0.25) is 0 Å². The van der Waals surface area contributed by atoms with Gasteiger partial charge in [-0.15, -0.1) is 11.8 Å². The van der Waals surface area contributed by atoms with Gasteiger partial charge in [0.1, 0.15) is 29.3 Å². The molecule has 2 aromatic rings. The molecule has 0 aliphatic carbocycles. The first-order valence-corrected chi connectivity index (χ1v) is 31.1. The number of urea groups is 1. The number of anilines is 1. The molecule has 5 aliphatic heterocycles. The molecule has 0 saturated carbocycles. The first-order chi connectivity index (χ1) is 40.2. The molecule has 0 bridgehead atoms. The zero-order chi connectivity index (χ0) is 62.5. The van der Waals surface area contributed by atoms with Crippen molar-refractivity contribution in [1.29, 1.82) is 0 Å². The van der Waals surface area contributed by atoms with Crippen molar-refractivity contribution >= 4 is 70.3 Å². The summed E-state index contributed by atoms with van der Waals surface area (Å²) in [5, 5.41) is 25.7. The van der Waals surface area contributed by atoms with Crippen LogP contribution in [0.4, 0.5) is 10.5 Å². The quantitative estimate of drug-likeness (QED) is 0.102. The smallest absolute Gasteiger partial charge is 0.320 e. The zero-order valence-corrected chi connectivity index (χ0v) is 53.7. The van der Waals surface area contributed by atoms with Crippen LogP contribution < -0.4 is 14.8 Å². The molecule has 5 saturated heterocycles. The Kier molecular flexibility index (Phi) is 23.3. The van der Waals surface area contributed by atoms with Gasteiger partial charge < -0.3 is 77.4 Å². The fraction of sp³-hybridized carbons (Fsp3) is 0.733. The Morgan fingerprint density at radius 3 is 2.20 bits per heavy atom. The van der Waals surface area contributed by atoms with E-state index in [2.05, 4.69) is 10.3 Å². The molecule has 1 aromatic carbocycles. The Balaban J connectivity index is 1.19. The summed E-state index contributed by atoms with van der Waals surface area (Å²) in [5.41, 5.74) is -3.58. The first kappa shape index (κ1) is 68.4. The van der Waals surface area contributed by atoms with Crippen LogP contribution in [-0.4, -0.2) is 205 Å². The van der Waals surface area contributed by atoms with Crippen molar-refractivity contribution in [3.8, 4) is 11.5 Å². The molecule has 0 spiro atoms. The number of ketones is 1. The second-order valence-corrected chi connectivity index (χ2v) is 26.0. The average molecular weight is 1260 g/mol. The lowest BCUT2D eigenvalue weighted by Gasteiger charge is -2.50. The van der Waals surface area contributed by atoms with Gasteiger partial charge in [0.15, 0.2) is 29.7 Å². The summed E-state index contributed by atoms with van der Waals surface area (Å²) >= 11 is 13.8. The van der Waals surface area contributed by atoms with Crippen LogP contribution in [0.1, 0.15) is 112 Å². The summed E-state index contributed by atoms with van der Waals surface area (Å²) in [5.74, 6) is -5.36. The van der Waals surface area contributed by atoms with E-state index in [0.717, 1.165) is 0 Å². The highest BCUT2D eigenvalue weighted by atomic mass is 35.5. The molecule has 6 heterocycles. The van der Waals surface area contributed by atoms with Gasteiger partial charge in [-0.25, -0.2) is 4.79 Å². The maximum absolute atomic E-state index is 15.4. The van der Waals surface area contributed by atoms with Crippen molar-refractivity contribution in [2.45, 2.75) is 185 Å². The zero-order valence-electron chi connectivity index (χ0n) is 51.3. The number of pyridine rings is 1. The van der Waals surface area contributed by atoms with E-state index in [9.17, 15) is 24.6 Å². The Morgan fingerprint density at radius 1 is 0.894 bits per heavy atom. The van der Waals surface area contributed by atoms with Crippen LogP contribution in [0.5, 0.6) is 11.5 Å². The lowest BCUT2D eigenvalue weighted by atomic mass is 9.70. The number of morpholine rings is 1. The van der Waals surface area contributed by atoms with Gasteiger partial charge in [-0.3, -0.25) is 24.2 Å². The number of cyclic esters (lactones) is 1. The predicted octanol–water partition coefficient (Wildman–Crippen LogP) is 7.62. The molecule has 1 aromatic heterocycles. The third-order valence-electron chi connectivity index (χ3n) is 18.0. The van der Waals surface area contributed by atoms with Crippen LogP contribution in [0.3, 0.4) is 0 Å². The number of benzene rings is 1. The molecule has 25 heteroatoms. The van der Waals surface area contributed by atoms with Crippen molar-refractivity contribution in [1.82, 2.24) is 14.8 Å². The number of fused-ring (bicyclic) bond motifs is 1. The molecule has 19 atom stereocenters. The van der Waals surface area contributed by atoms with Crippen LogP contribution in [0.25, 0.3) is 0 Å². The molecule has 476 valence electrons. The van der Waals surface area contributed by atoms with E-state index in [1.165, 1.54) is 56.5 Å². The van der Waals surface area contributed by atoms with Gasteiger partial charge in [0.25, 0.3) is 5.91 Å². The Hall–Kier alpha value is -4.11. The number of rotatable bonds is 17. The lowest BCUT2D eigenvalue weighted by Crippen LogP contribution is -2.62. The fourth-order valence-electron chi connectivity index (χ4n) is 13.0. The van der Waals surface area contributed by atoms with Crippen LogP contribution >= 0.6 is 35.0 Å². The predicted molar refractivity (Wildman–Crippen MR) is 316 cm³/mol. The third-order valence-corrected chi connectivity index (χ3v) is 20.0. The number of likely N-dealkylation sites (N-methyl/N-ethyl adjacent to an activating group) is 1. The highest BCUT2D eigenvalue weighted by molar-refractivity contribution is 8.00. The number of ether oxygens (including phenoxy) is 11. The van der Waals surface area contributed by atoms with Crippen molar-refractivity contribution < 1.29 is 86.3 Å². The number of hydrogen-bond donors (Lipinski definition) is 3. The normalized spacial score (nSPS) is 36.8. The number of halogens is 2. The van der Waals surface area contributed by atoms with E-state index in [1.807, 2.05) is 20.8 Å². The number of amides is 3. The Bertz CT molecular complexity index is 2640. The minimum atomic E-state index is -1.50. The maximum Gasteiger partial charge on any atom is 0.320 e. The summed E-state index contributed by atoms with van der Waals surface area (Å²) in [6, 6.07) is 3.67. The van der Waals surface area contributed by atoms with Gasteiger partial charge in [0, 0.05) is 82.4 Å². The second kappa shape index (κ2) is 29.0. The highest BCUT2D eigenvalue weighted by Gasteiger charge is 2.62. The summed E-state index contributed by atoms with van der Waals surface area (Å²) in [7, 11) is 6.11. The molecule has 7 rings (SSSR count). The summed E-state index contributed by atoms with van der Waals surface area (Å²) < 4.78 is 69.4. The number of carbonyl (C=O) groups excluding carboxylic acids is 5. The van der Waals surface area contributed by atoms with Crippen molar-refractivity contribution in [2.75, 3.05) is 72.4 Å². The lowest BCUT2D eigenvalue weighted by molar-refractivity contribution is -0.319. The molecule has 0 radical (unpaired) electrons. The fourth-order valence-corrected chi connectivity index (χ4v) is 14.9. The number of Topliss-reactive ketones (excluding diaryl/α,β-unsaturated/α-hetero) is 1. The molecular weight excluding hydrogens is 1170 g/mol. The Labute approximate surface area is 513 Å². The van der Waals surface area contributed by atoms with Crippen LogP contribution in [0.15, 0.2) is 30.6 Å². The molecule has 5 fully saturated rings. The summed E-state index contributed by atoms with van der Waals surface area (Å²) in [6.45, 7) is 19.4. The minimum Gasteiger partial charge on any atom is -0.493 e. The van der Waals surface area contributed by atoms with Crippen LogP contribution in [0, 0.1) is 29.6 Å². The van der Waals surface area contributed by atoms with E-state index in [0.29, 0.717) is 50.6 Å². The average Bonchev–Trinajstić information content (AvgIpc) is 2.08. The summed E-state index contributed by atoms with van der Waals surface area (Å²) in [6.07, 6.45) is -5.66. The van der Waals surface area contributed by atoms with Gasteiger partial charge in [-0.1, -0.05) is 50.9 Å². The number of carbonyl (C=O) groups is 5. The number of methoxy groups -OCH3 is 3. The molecule has 3 N–H and O–H groups in total. The standard InChI is InChI=1S/C60H88Cl2N4O18S/c1-15-43-60(10)45(50(55(72)84-60)85-24-16-21-78-42-26-37(17-18-41(42)74-12)53(70)64-46-38(61)29-63-30-39(46)62)33(4)47(67)31(2)27-59(9,76-14)52(83-56-48(68)40(25-32(3)79-56)65(11)57(73)66-19-22-77-23-20-66)34(5)49(35(6)54(71)81-43)82-44-28-58(8,75-13)51(69)36(7)80-44/h17-18,26,29-36,40,43-45,48-52,56,68-69H,15-16,19-25,27-28H2,1-14H3,(H,63,64,70)/t31-,32-,33-,34+,35-,36+,40+,43-,44+,45+,48-,49+,50+,51+,52-,56+,58-,59-,60-/m1/s1. The largest absolute Gasteiger partial charge is 0.493 e. The maximum atomic E-state index is 15.4. The van der Waals surface area contributed by atoms with Gasteiger partial charge in [0.05, 0.1) is 90.2 Å². The van der Waals surface area contributed by atoms with Gasteiger partial charge >= 0.3 is 18.0 Å². The molecule has 0 unspecified atom stereocenters. The molecule has 85 heavy (non-hydrogen) atoms. The number of aliphatic hydroxyl groups is 2. The number of aromatic nitrogens is 1. The van der Waals surface area contributed by atoms with E-state index >= 15 is 9.59 Å². The van der Waals surface area contributed by atoms with Crippen LogP contribution in [0.2, 0.25) is 10.0 Å². The molecule has 5 aliphatic rings. The number of esters is 2. The number of aliphatic hydroxyl groups excluding tert-OH is 2. The number of nitrogens with zero attached hydrogens (tertiary/aromatic N) is 3. The number of thioether (sulfide) groups is 1. The van der Waals surface area contributed by atoms with Gasteiger partial charge in [-0.05, 0) is 91.2 Å². The van der Waals surface area contributed by atoms with Crippen molar-refractivity contribution in [3.63, 3.8) is 0 Å². The SMILES string of the molecule is CC[C@H]1OC(=O)[C@H](C)[C@@H](O[C@H]2C[C@@](C)(OC)[C@@H](O)[C@H](C)O2)[C@H](C)[C@@H](O[C@@H]2O[C@H](C)C[C@H](N(C)C(=O)N3CCOCC3)[C@H]2O)[C@](C)(OC)C[C@@H](C)C(=O)[C@H](C)[C@H]2[C@H](SCCCOc3cc(C(=O)Nc4c(Cl)cncc4Cl)ccc3OC)C(=O)O[C@@]21C. The van der Waals surface area contributed by atoms with Crippen molar-refractivity contribution in [3.05, 3.63) is 46.2 Å². The van der Waals surface area contributed by atoms with Gasteiger partial charge in [-0.2, -0.15) is 0 Å². The van der Waals surface area contributed by atoms with E-state index in [-0.39, 0.29) is 64.7 Å². The minimum absolute atomic E-state index is 0.0392. The van der Waals surface area contributed by atoms with E-state index < -0.39 is 131 Å². The molecule has 3 amide bonds. The van der Waals surface area contributed by atoms with Crippen molar-refractivity contribution in [2.24, 2.45) is 29.6 Å². The number of hydrogen-bond acceptors (Lipinski definition) is 20. The van der Waals surface area contributed by atoms with Crippen LogP contribution in [-0.2, 0) is 57.0 Å². The first-order valence-electron chi connectivity index (χ1n) is 29.3. The summed E-state index contributed by atoms with van der Waals surface area (Å²) in [4.78, 5) is 79.4. The van der Waals surface area contributed by atoms with E-state index in [1.54, 1.807) is 72.5 Å². The molecule has 22 nitrogen and oxygen atoms in total. The highest BCUT2D eigenvalue weighted by Crippen LogP contribution is 2.50. The third kappa shape index (κ3) is 15.0. The second-order valence-electron chi connectivity index (χ2n) is 23.9.